The molecule has 9 aromatic rings. The van der Waals surface area contributed by atoms with E-state index in [0.717, 1.165) is 0 Å². The summed E-state index contributed by atoms with van der Waals surface area (Å²) in [4.78, 5) is 0. The fraction of sp³-hybridized carbons (Fsp3) is 0.0800. The minimum atomic E-state index is -2.54. The molecule has 0 bridgehead atoms. The van der Waals surface area contributed by atoms with Crippen LogP contribution in [0.2, 0.25) is 26.2 Å². The molecule has 56 heavy (non-hydrogen) atoms. The highest BCUT2D eigenvalue weighted by molar-refractivity contribution is 6.90. The second-order valence-electron chi connectivity index (χ2n) is 16.2. The molecule has 0 fully saturated rings. The normalized spacial score (nSPS) is 15.6. The molecule has 270 valence electrons. The average molecular weight is 755 g/mol. The van der Waals surface area contributed by atoms with Crippen LogP contribution in [0.3, 0.4) is 0 Å². The molecule has 0 spiro atoms. The molecular weight excluding hydrogens is 713 g/mol. The largest absolute Gasteiger partial charge is 0.348 e. The van der Waals surface area contributed by atoms with Crippen LogP contribution in [0.15, 0.2) is 182 Å². The van der Waals surface area contributed by atoms with Crippen molar-refractivity contribution in [3.05, 3.63) is 182 Å². The number of rotatable bonds is 4. The van der Waals surface area contributed by atoms with Crippen molar-refractivity contribution < 1.29 is 0 Å². The molecule has 0 atom stereocenters. The molecule has 9 aromatic carbocycles. The Kier molecular flexibility index (Phi) is 7.12. The summed E-state index contributed by atoms with van der Waals surface area (Å²) in [5.74, 6) is 0. The predicted octanol–water partition coefficient (Wildman–Crippen LogP) is 14.3. The molecule has 0 radical (unpaired) electrons. The summed E-state index contributed by atoms with van der Waals surface area (Å²) in [6, 6.07) is 67.8. The van der Waals surface area contributed by atoms with Gasteiger partial charge in [-0.15, -0.1) is 0 Å². The van der Waals surface area contributed by atoms with Crippen LogP contribution < -0.4 is 18.3 Å². The Hall–Kier alpha value is -6.35. The van der Waals surface area contributed by atoms with E-state index in [1.165, 1.54) is 88.6 Å². The third-order valence-electron chi connectivity index (χ3n) is 12.3. The Bertz CT molecular complexity index is 2620. The van der Waals surface area contributed by atoms with Crippen molar-refractivity contribution in [1.29, 1.82) is 0 Å². The molecule has 4 nitrogen and oxygen atoms in total. The Balaban J connectivity index is 1.26. The van der Waals surface area contributed by atoms with E-state index in [9.17, 15) is 0 Å². The second kappa shape index (κ2) is 12.1. The van der Waals surface area contributed by atoms with E-state index in [-0.39, 0.29) is 0 Å². The third-order valence-corrected chi connectivity index (χ3v) is 18.6. The number of fused-ring (bicyclic) bond motifs is 6. The van der Waals surface area contributed by atoms with Crippen LogP contribution in [0.1, 0.15) is 0 Å². The van der Waals surface area contributed by atoms with Gasteiger partial charge >= 0.3 is 0 Å². The van der Waals surface area contributed by atoms with Crippen LogP contribution in [-0.4, -0.2) is 16.8 Å². The number of anilines is 8. The maximum atomic E-state index is 2.74. The van der Waals surface area contributed by atoms with Gasteiger partial charge in [-0.05, 0) is 84.1 Å². The Morgan fingerprint density at radius 3 is 0.714 bits per heavy atom. The van der Waals surface area contributed by atoms with Gasteiger partial charge in [-0.1, -0.05) is 146 Å². The summed E-state index contributed by atoms with van der Waals surface area (Å²) >= 11 is 0. The molecule has 0 saturated carbocycles. The van der Waals surface area contributed by atoms with E-state index >= 15 is 0 Å². The molecule has 0 saturated heterocycles. The van der Waals surface area contributed by atoms with Crippen molar-refractivity contribution in [2.75, 3.05) is 18.3 Å². The lowest BCUT2D eigenvalue weighted by Crippen LogP contribution is -2.54. The lowest BCUT2D eigenvalue weighted by Gasteiger charge is -2.40. The topological polar surface area (TPSA) is 13.0 Å². The van der Waals surface area contributed by atoms with E-state index in [4.69, 9.17) is 0 Å². The molecule has 0 aliphatic carbocycles. The minimum absolute atomic E-state index is 1.26. The summed E-state index contributed by atoms with van der Waals surface area (Å²) in [6.07, 6.45) is 0. The van der Waals surface area contributed by atoms with Crippen LogP contribution in [0.4, 0.5) is 45.5 Å². The molecule has 2 aliphatic rings. The fourth-order valence-electron chi connectivity index (χ4n) is 9.96. The lowest BCUT2D eigenvalue weighted by atomic mass is 10.1. The van der Waals surface area contributed by atoms with Gasteiger partial charge in [0.25, 0.3) is 16.8 Å². The summed E-state index contributed by atoms with van der Waals surface area (Å²) in [5, 5.41) is 10.1. The first-order chi connectivity index (χ1) is 27.3. The maximum Gasteiger partial charge on any atom is 0.267 e. The minimum Gasteiger partial charge on any atom is -0.348 e. The first-order valence-corrected chi connectivity index (χ1v) is 25.4. The first-order valence-electron chi connectivity index (χ1n) is 19.6. The Morgan fingerprint density at radius 1 is 0.250 bits per heavy atom. The number of hydrogen-bond donors (Lipinski definition) is 0. The molecule has 11 rings (SSSR count). The molecular formula is C50H42N4Si2. The molecule has 2 aliphatic heterocycles. The van der Waals surface area contributed by atoms with Crippen LogP contribution in [0.25, 0.3) is 43.1 Å². The van der Waals surface area contributed by atoms with E-state index in [2.05, 4.69) is 226 Å². The SMILES string of the molecule is C[Si]1(C)N(c2cccc3ccccc23)c2cc3c(cc2N1c1cccc2ccccc12)N(c1cccc2ccccc12)[Si](C)(C)N3c1cccc2ccccc12. The highest BCUT2D eigenvalue weighted by atomic mass is 28.4. The lowest BCUT2D eigenvalue weighted by molar-refractivity contribution is 1.32. The van der Waals surface area contributed by atoms with Crippen LogP contribution in [-0.2, 0) is 0 Å². The standard InChI is InChI=1S/C50H42N4Si2/c1-55(2)51(43-29-13-21-35-17-5-9-25-39(35)43)47-33-49-50(34-48(47)52(55)44-30-14-22-36-18-6-10-26-40(36)44)54(46-32-16-24-38-20-8-12-28-42(38)46)56(3,4)53(49)45-31-15-23-37-19-7-11-27-41(37)45/h5-34H,1-4H3. The van der Waals surface area contributed by atoms with Crippen molar-refractivity contribution >= 4 is 105 Å². The number of nitrogens with zero attached hydrogens (tertiary/aromatic N) is 4. The molecule has 6 heteroatoms. The van der Waals surface area contributed by atoms with Gasteiger partial charge in [-0.2, -0.15) is 0 Å². The van der Waals surface area contributed by atoms with Crippen molar-refractivity contribution in [3.63, 3.8) is 0 Å². The third kappa shape index (κ3) is 4.63. The Labute approximate surface area is 330 Å². The van der Waals surface area contributed by atoms with Gasteiger partial charge in [-0.25, -0.2) is 0 Å². The Morgan fingerprint density at radius 2 is 0.464 bits per heavy atom. The van der Waals surface area contributed by atoms with Crippen LogP contribution >= 0.6 is 0 Å². The van der Waals surface area contributed by atoms with Gasteiger partial charge < -0.3 is 18.3 Å². The highest BCUT2D eigenvalue weighted by Crippen LogP contribution is 2.61. The zero-order valence-corrected chi connectivity index (χ0v) is 34.1. The number of benzene rings is 9. The van der Waals surface area contributed by atoms with E-state index < -0.39 is 16.8 Å². The summed E-state index contributed by atoms with van der Waals surface area (Å²) in [6.45, 7) is 10.1. The quantitative estimate of drug-likeness (QED) is 0.166. The molecule has 0 amide bonds. The van der Waals surface area contributed by atoms with Gasteiger partial charge in [0.15, 0.2) is 0 Å². The van der Waals surface area contributed by atoms with Crippen LogP contribution in [0, 0.1) is 0 Å². The monoisotopic (exact) mass is 754 g/mol. The summed E-state index contributed by atoms with van der Waals surface area (Å²) in [7, 11) is -5.08. The van der Waals surface area contributed by atoms with Gasteiger partial charge in [0.2, 0.25) is 0 Å². The molecule has 0 N–H and O–H groups in total. The zero-order chi connectivity index (χ0) is 37.8. The van der Waals surface area contributed by atoms with Crippen molar-refractivity contribution in [3.8, 4) is 0 Å². The molecule has 2 heterocycles. The smallest absolute Gasteiger partial charge is 0.267 e. The van der Waals surface area contributed by atoms with Gasteiger partial charge in [0.05, 0.1) is 22.7 Å². The van der Waals surface area contributed by atoms with Gasteiger partial charge in [-0.3, -0.25) is 0 Å². The maximum absolute atomic E-state index is 2.74. The van der Waals surface area contributed by atoms with E-state index in [0.29, 0.717) is 0 Å². The predicted molar refractivity (Wildman–Crippen MR) is 246 cm³/mol. The van der Waals surface area contributed by atoms with Crippen molar-refractivity contribution in [2.45, 2.75) is 26.2 Å². The molecule has 0 unspecified atom stereocenters. The van der Waals surface area contributed by atoms with Gasteiger partial charge in [0.1, 0.15) is 0 Å². The second-order valence-corrected chi connectivity index (χ2v) is 23.9. The summed E-state index contributed by atoms with van der Waals surface area (Å²) < 4.78 is 11.0. The fourth-order valence-corrected chi connectivity index (χ4v) is 16.6. The summed E-state index contributed by atoms with van der Waals surface area (Å²) in [5.41, 5.74) is 10.1. The van der Waals surface area contributed by atoms with Crippen molar-refractivity contribution in [1.82, 2.24) is 0 Å². The van der Waals surface area contributed by atoms with E-state index in [1.54, 1.807) is 0 Å². The average Bonchev–Trinajstić information content (AvgIpc) is 3.59. The van der Waals surface area contributed by atoms with Crippen LogP contribution in [0.5, 0.6) is 0 Å². The molecule has 0 aromatic heterocycles. The number of hydrogen-bond acceptors (Lipinski definition) is 4. The first kappa shape index (κ1) is 33.0. The van der Waals surface area contributed by atoms with Gasteiger partial charge in [0, 0.05) is 44.3 Å². The highest BCUT2D eigenvalue weighted by Gasteiger charge is 2.53. The zero-order valence-electron chi connectivity index (χ0n) is 32.1. The van der Waals surface area contributed by atoms with E-state index in [1.807, 2.05) is 0 Å². The van der Waals surface area contributed by atoms with Crippen molar-refractivity contribution in [2.24, 2.45) is 0 Å².